The van der Waals surface area contributed by atoms with Gasteiger partial charge in [-0.3, -0.25) is 4.98 Å². The molecule has 0 spiro atoms. The van der Waals surface area contributed by atoms with Crippen LogP contribution in [-0.4, -0.2) is 10.5 Å². The normalized spacial score (nSPS) is 12.1. The summed E-state index contributed by atoms with van der Waals surface area (Å²) in [6.07, 6.45) is 0.760. The minimum atomic E-state index is -0.250. The SMILES string of the molecule is Cc1ccc(Cl)c2c(C)cc(CC(C)(C)N)nc12. The highest BCUT2D eigenvalue weighted by atomic mass is 35.5. The Hall–Kier alpha value is -1.12. The molecule has 0 bridgehead atoms. The van der Waals surface area contributed by atoms with Crippen LogP contribution < -0.4 is 5.73 Å². The molecule has 0 saturated carbocycles. The van der Waals surface area contributed by atoms with Crippen LogP contribution in [0.5, 0.6) is 0 Å². The van der Waals surface area contributed by atoms with Crippen LogP contribution in [0.1, 0.15) is 30.7 Å². The lowest BCUT2D eigenvalue weighted by molar-refractivity contribution is 0.511. The van der Waals surface area contributed by atoms with E-state index in [4.69, 9.17) is 22.3 Å². The highest BCUT2D eigenvalue weighted by Gasteiger charge is 2.15. The summed E-state index contributed by atoms with van der Waals surface area (Å²) in [4.78, 5) is 4.72. The minimum absolute atomic E-state index is 0.250. The molecular formula is C15H19ClN2. The van der Waals surface area contributed by atoms with Crippen molar-refractivity contribution in [2.75, 3.05) is 0 Å². The maximum absolute atomic E-state index is 6.26. The minimum Gasteiger partial charge on any atom is -0.325 e. The molecule has 0 aliphatic rings. The summed E-state index contributed by atoms with van der Waals surface area (Å²) in [6, 6.07) is 6.02. The van der Waals surface area contributed by atoms with E-state index in [0.29, 0.717) is 0 Å². The van der Waals surface area contributed by atoms with Crippen LogP contribution in [0, 0.1) is 13.8 Å². The molecule has 3 heteroatoms. The largest absolute Gasteiger partial charge is 0.325 e. The zero-order chi connectivity index (χ0) is 13.5. The van der Waals surface area contributed by atoms with E-state index in [-0.39, 0.29) is 5.54 Å². The number of nitrogens with two attached hydrogens (primary N) is 1. The van der Waals surface area contributed by atoms with Gasteiger partial charge in [0, 0.05) is 23.0 Å². The second-order valence-electron chi connectivity index (χ2n) is 5.68. The fraction of sp³-hybridized carbons (Fsp3) is 0.400. The molecule has 0 unspecified atom stereocenters. The number of aromatic nitrogens is 1. The maximum Gasteiger partial charge on any atom is 0.0752 e. The smallest absolute Gasteiger partial charge is 0.0752 e. The first kappa shape index (κ1) is 13.3. The molecule has 0 radical (unpaired) electrons. The predicted octanol–water partition coefficient (Wildman–Crippen LogP) is 3.78. The van der Waals surface area contributed by atoms with Gasteiger partial charge in [-0.1, -0.05) is 17.7 Å². The molecule has 2 aromatic rings. The van der Waals surface area contributed by atoms with Gasteiger partial charge >= 0.3 is 0 Å². The number of pyridine rings is 1. The number of fused-ring (bicyclic) bond motifs is 1. The first-order chi connectivity index (χ1) is 8.28. The van der Waals surface area contributed by atoms with Crippen molar-refractivity contribution in [3.63, 3.8) is 0 Å². The Kier molecular flexibility index (Phi) is 3.35. The van der Waals surface area contributed by atoms with E-state index in [1.807, 2.05) is 26.0 Å². The van der Waals surface area contributed by atoms with Gasteiger partial charge in [0.05, 0.1) is 10.5 Å². The molecule has 0 aliphatic heterocycles. The van der Waals surface area contributed by atoms with Gasteiger partial charge in [0.15, 0.2) is 0 Å². The molecule has 0 aliphatic carbocycles. The zero-order valence-electron chi connectivity index (χ0n) is 11.3. The molecule has 2 nitrogen and oxygen atoms in total. The second-order valence-corrected chi connectivity index (χ2v) is 6.09. The van der Waals surface area contributed by atoms with Crippen molar-refractivity contribution in [3.05, 3.63) is 40.0 Å². The summed E-state index contributed by atoms with van der Waals surface area (Å²) >= 11 is 6.26. The number of aryl methyl sites for hydroxylation is 2. The molecule has 2 rings (SSSR count). The highest BCUT2D eigenvalue weighted by molar-refractivity contribution is 6.35. The monoisotopic (exact) mass is 262 g/mol. The lowest BCUT2D eigenvalue weighted by Gasteiger charge is -2.19. The van der Waals surface area contributed by atoms with Crippen molar-refractivity contribution in [3.8, 4) is 0 Å². The predicted molar refractivity (Wildman–Crippen MR) is 78.2 cm³/mol. The fourth-order valence-electron chi connectivity index (χ4n) is 2.25. The molecule has 1 heterocycles. The van der Waals surface area contributed by atoms with Crippen molar-refractivity contribution in [2.45, 2.75) is 39.7 Å². The summed E-state index contributed by atoms with van der Waals surface area (Å²) in [7, 11) is 0. The number of hydrogen-bond donors (Lipinski definition) is 1. The second kappa shape index (κ2) is 4.52. The molecule has 1 aromatic carbocycles. The van der Waals surface area contributed by atoms with Crippen LogP contribution in [0.15, 0.2) is 18.2 Å². The van der Waals surface area contributed by atoms with Crippen LogP contribution in [0.25, 0.3) is 10.9 Å². The standard InChI is InChI=1S/C15H19ClN2/c1-9-5-6-12(16)13-10(2)7-11(18-14(9)13)8-15(3,4)17/h5-7H,8,17H2,1-4H3. The Morgan fingerprint density at radius 1 is 1.22 bits per heavy atom. The van der Waals surface area contributed by atoms with Crippen LogP contribution in [0.3, 0.4) is 0 Å². The lowest BCUT2D eigenvalue weighted by Crippen LogP contribution is -2.34. The van der Waals surface area contributed by atoms with Crippen molar-refractivity contribution in [2.24, 2.45) is 5.73 Å². The Bertz CT molecular complexity index is 597. The number of halogens is 1. The van der Waals surface area contributed by atoms with E-state index in [9.17, 15) is 0 Å². The van der Waals surface area contributed by atoms with Crippen LogP contribution in [0.4, 0.5) is 0 Å². The number of hydrogen-bond acceptors (Lipinski definition) is 2. The third kappa shape index (κ3) is 2.65. The highest BCUT2D eigenvalue weighted by Crippen LogP contribution is 2.29. The van der Waals surface area contributed by atoms with Crippen molar-refractivity contribution < 1.29 is 0 Å². The summed E-state index contributed by atoms with van der Waals surface area (Å²) in [5.74, 6) is 0. The molecule has 96 valence electrons. The van der Waals surface area contributed by atoms with Crippen LogP contribution in [0.2, 0.25) is 5.02 Å². The first-order valence-electron chi connectivity index (χ1n) is 6.12. The van der Waals surface area contributed by atoms with E-state index in [1.165, 1.54) is 0 Å². The van der Waals surface area contributed by atoms with Gasteiger partial charge in [-0.15, -0.1) is 0 Å². The number of benzene rings is 1. The van der Waals surface area contributed by atoms with E-state index >= 15 is 0 Å². The van der Waals surface area contributed by atoms with Crippen LogP contribution >= 0.6 is 11.6 Å². The van der Waals surface area contributed by atoms with E-state index < -0.39 is 0 Å². The van der Waals surface area contributed by atoms with Gasteiger partial charge in [-0.25, -0.2) is 0 Å². The number of nitrogens with zero attached hydrogens (tertiary/aromatic N) is 1. The molecule has 2 N–H and O–H groups in total. The summed E-state index contributed by atoms with van der Waals surface area (Å²) in [5.41, 5.74) is 10.1. The van der Waals surface area contributed by atoms with Gasteiger partial charge in [0.1, 0.15) is 0 Å². The van der Waals surface area contributed by atoms with Gasteiger partial charge < -0.3 is 5.73 Å². The molecule has 0 fully saturated rings. The van der Waals surface area contributed by atoms with E-state index in [1.54, 1.807) is 0 Å². The lowest BCUT2D eigenvalue weighted by atomic mass is 9.97. The van der Waals surface area contributed by atoms with E-state index in [2.05, 4.69) is 19.9 Å². The molecule has 0 atom stereocenters. The average molecular weight is 263 g/mol. The van der Waals surface area contributed by atoms with Crippen molar-refractivity contribution in [1.82, 2.24) is 4.98 Å². The Morgan fingerprint density at radius 3 is 2.50 bits per heavy atom. The Balaban J connectivity index is 2.65. The summed E-state index contributed by atoms with van der Waals surface area (Å²) in [5, 5.41) is 1.81. The third-order valence-corrected chi connectivity index (χ3v) is 3.31. The van der Waals surface area contributed by atoms with E-state index in [0.717, 1.165) is 39.2 Å². The zero-order valence-corrected chi connectivity index (χ0v) is 12.1. The van der Waals surface area contributed by atoms with Crippen molar-refractivity contribution in [1.29, 1.82) is 0 Å². The summed E-state index contributed by atoms with van der Waals surface area (Å²) < 4.78 is 0. The van der Waals surface area contributed by atoms with Gasteiger partial charge in [0.25, 0.3) is 0 Å². The Labute approximate surface area is 113 Å². The fourth-order valence-corrected chi connectivity index (χ4v) is 2.55. The van der Waals surface area contributed by atoms with Crippen molar-refractivity contribution >= 4 is 22.5 Å². The first-order valence-corrected chi connectivity index (χ1v) is 6.50. The molecule has 0 saturated heterocycles. The van der Waals surface area contributed by atoms with Gasteiger partial charge in [0.2, 0.25) is 0 Å². The van der Waals surface area contributed by atoms with Crippen LogP contribution in [-0.2, 0) is 6.42 Å². The third-order valence-electron chi connectivity index (χ3n) is 3.00. The maximum atomic E-state index is 6.26. The Morgan fingerprint density at radius 2 is 1.89 bits per heavy atom. The van der Waals surface area contributed by atoms with Gasteiger partial charge in [-0.05, 0) is 51.0 Å². The molecule has 1 aromatic heterocycles. The molecule has 0 amide bonds. The summed E-state index contributed by atoms with van der Waals surface area (Å²) in [6.45, 7) is 8.16. The molecule has 18 heavy (non-hydrogen) atoms. The van der Waals surface area contributed by atoms with Gasteiger partial charge in [-0.2, -0.15) is 0 Å². The number of rotatable bonds is 2. The average Bonchev–Trinajstić information content (AvgIpc) is 2.20. The molecular weight excluding hydrogens is 244 g/mol. The topological polar surface area (TPSA) is 38.9 Å². The quantitative estimate of drug-likeness (QED) is 0.894.